The molecule has 2 aromatic rings. The van der Waals surface area contributed by atoms with Crippen molar-refractivity contribution in [3.63, 3.8) is 0 Å². The Labute approximate surface area is 126 Å². The molecule has 112 valence electrons. The van der Waals surface area contributed by atoms with Gasteiger partial charge in [-0.2, -0.15) is 13.2 Å². The lowest BCUT2D eigenvalue weighted by atomic mass is 10.0. The van der Waals surface area contributed by atoms with Crippen LogP contribution in [0.5, 0.6) is 5.75 Å². The van der Waals surface area contributed by atoms with Gasteiger partial charge in [0, 0.05) is 0 Å². The van der Waals surface area contributed by atoms with Gasteiger partial charge in [-0.25, -0.2) is 0 Å². The fourth-order valence-electron chi connectivity index (χ4n) is 2.01. The lowest BCUT2D eigenvalue weighted by Crippen LogP contribution is -2.05. The Hall–Kier alpha value is -1.68. The van der Waals surface area contributed by atoms with Gasteiger partial charge in [-0.3, -0.25) is 0 Å². The van der Waals surface area contributed by atoms with Crippen molar-refractivity contribution in [1.82, 2.24) is 0 Å². The Bertz CT molecular complexity index is 593. The highest BCUT2D eigenvalue weighted by molar-refractivity contribution is 6.20. The lowest BCUT2D eigenvalue weighted by Gasteiger charge is -2.12. The number of ether oxygens (including phenoxy) is 1. The molecule has 0 heterocycles. The average Bonchev–Trinajstić information content (AvgIpc) is 2.46. The molecule has 0 bridgehead atoms. The molecule has 0 aliphatic heterocycles. The van der Waals surface area contributed by atoms with Gasteiger partial charge in [0.05, 0.1) is 18.1 Å². The number of rotatable bonds is 4. The van der Waals surface area contributed by atoms with Crippen molar-refractivity contribution in [2.45, 2.75) is 18.0 Å². The maximum absolute atomic E-state index is 12.5. The first-order valence-electron chi connectivity index (χ1n) is 6.34. The van der Waals surface area contributed by atoms with Crippen LogP contribution in [0.15, 0.2) is 48.5 Å². The van der Waals surface area contributed by atoms with E-state index in [0.717, 1.165) is 23.4 Å². The smallest absolute Gasteiger partial charge is 0.416 e. The van der Waals surface area contributed by atoms with E-state index in [2.05, 4.69) is 0 Å². The second-order valence-corrected chi connectivity index (χ2v) is 5.17. The third-order valence-corrected chi connectivity index (χ3v) is 3.56. The second-order valence-electron chi connectivity index (χ2n) is 4.64. The molecule has 0 aliphatic carbocycles. The Morgan fingerprint density at radius 3 is 2.33 bits per heavy atom. The summed E-state index contributed by atoms with van der Waals surface area (Å²) in [7, 11) is 1.58. The van der Waals surface area contributed by atoms with Gasteiger partial charge >= 0.3 is 6.18 Å². The van der Waals surface area contributed by atoms with Crippen LogP contribution >= 0.6 is 11.6 Å². The minimum Gasteiger partial charge on any atom is -0.497 e. The van der Waals surface area contributed by atoms with Crippen LogP contribution in [0.4, 0.5) is 13.2 Å². The van der Waals surface area contributed by atoms with E-state index < -0.39 is 11.7 Å². The van der Waals surface area contributed by atoms with Crippen LogP contribution in [-0.4, -0.2) is 7.11 Å². The Morgan fingerprint density at radius 1 is 1.10 bits per heavy atom. The molecule has 0 spiro atoms. The zero-order chi connectivity index (χ0) is 15.5. The molecular formula is C16H14ClF3O. The second kappa shape index (κ2) is 6.39. The van der Waals surface area contributed by atoms with Gasteiger partial charge in [-0.05, 0) is 41.8 Å². The molecule has 2 rings (SSSR count). The summed E-state index contributed by atoms with van der Waals surface area (Å²) < 4.78 is 42.6. The zero-order valence-electron chi connectivity index (χ0n) is 11.3. The summed E-state index contributed by atoms with van der Waals surface area (Å²) in [6.45, 7) is 0. The lowest BCUT2D eigenvalue weighted by molar-refractivity contribution is -0.137. The van der Waals surface area contributed by atoms with Crippen LogP contribution in [0.2, 0.25) is 0 Å². The average molecular weight is 315 g/mol. The van der Waals surface area contributed by atoms with E-state index in [4.69, 9.17) is 16.3 Å². The van der Waals surface area contributed by atoms with Crippen molar-refractivity contribution in [2.24, 2.45) is 0 Å². The predicted molar refractivity (Wildman–Crippen MR) is 76.7 cm³/mol. The maximum atomic E-state index is 12.5. The molecule has 0 aliphatic rings. The molecule has 2 aromatic carbocycles. The summed E-state index contributed by atoms with van der Waals surface area (Å²) in [5.74, 6) is 0.726. The first-order chi connectivity index (χ1) is 9.90. The van der Waals surface area contributed by atoms with Gasteiger partial charge in [0.15, 0.2) is 0 Å². The quantitative estimate of drug-likeness (QED) is 0.702. The van der Waals surface area contributed by atoms with Gasteiger partial charge < -0.3 is 4.74 Å². The van der Waals surface area contributed by atoms with E-state index in [1.54, 1.807) is 7.11 Å². The van der Waals surface area contributed by atoms with Gasteiger partial charge in [0.1, 0.15) is 5.75 Å². The number of hydrogen-bond acceptors (Lipinski definition) is 1. The third kappa shape index (κ3) is 4.14. The van der Waals surface area contributed by atoms with E-state index in [-0.39, 0.29) is 5.38 Å². The summed E-state index contributed by atoms with van der Waals surface area (Å²) in [5.41, 5.74) is 0.957. The van der Waals surface area contributed by atoms with E-state index >= 15 is 0 Å². The normalized spacial score (nSPS) is 13.0. The summed E-state index contributed by atoms with van der Waals surface area (Å²) in [6.07, 6.45) is -3.81. The van der Waals surface area contributed by atoms with Crippen LogP contribution in [0.3, 0.4) is 0 Å². The Kier molecular flexibility index (Phi) is 4.78. The van der Waals surface area contributed by atoms with Crippen LogP contribution in [-0.2, 0) is 12.6 Å². The molecule has 0 fully saturated rings. The monoisotopic (exact) mass is 314 g/mol. The maximum Gasteiger partial charge on any atom is 0.416 e. The van der Waals surface area contributed by atoms with E-state index in [1.807, 2.05) is 24.3 Å². The Balaban J connectivity index is 2.11. The molecule has 0 amide bonds. The van der Waals surface area contributed by atoms with E-state index in [0.29, 0.717) is 12.0 Å². The highest BCUT2D eigenvalue weighted by atomic mass is 35.5. The molecular weight excluding hydrogens is 301 g/mol. The number of alkyl halides is 4. The van der Waals surface area contributed by atoms with Crippen LogP contribution in [0, 0.1) is 0 Å². The number of halogens is 4. The molecule has 0 saturated heterocycles. The molecule has 21 heavy (non-hydrogen) atoms. The minimum absolute atomic E-state index is 0.389. The molecule has 1 nitrogen and oxygen atoms in total. The number of methoxy groups -OCH3 is 1. The van der Waals surface area contributed by atoms with Crippen molar-refractivity contribution in [2.75, 3.05) is 7.11 Å². The van der Waals surface area contributed by atoms with E-state index in [9.17, 15) is 13.2 Å². The zero-order valence-corrected chi connectivity index (χ0v) is 12.1. The molecule has 0 radical (unpaired) electrons. The number of hydrogen-bond donors (Lipinski definition) is 0. The fourth-order valence-corrected chi connectivity index (χ4v) is 2.33. The van der Waals surface area contributed by atoms with Gasteiger partial charge in [-0.1, -0.05) is 24.3 Å². The highest BCUT2D eigenvalue weighted by Crippen LogP contribution is 2.32. The molecule has 1 unspecified atom stereocenters. The molecule has 5 heteroatoms. The van der Waals surface area contributed by atoms with Gasteiger partial charge in [0.25, 0.3) is 0 Å². The largest absolute Gasteiger partial charge is 0.497 e. The summed E-state index contributed by atoms with van der Waals surface area (Å²) in [6, 6.07) is 12.4. The predicted octanol–water partition coefficient (Wildman–Crippen LogP) is 5.24. The van der Waals surface area contributed by atoms with Crippen molar-refractivity contribution in [3.05, 3.63) is 65.2 Å². The van der Waals surface area contributed by atoms with E-state index in [1.165, 1.54) is 12.1 Å². The first-order valence-corrected chi connectivity index (χ1v) is 6.78. The van der Waals surface area contributed by atoms with Crippen LogP contribution < -0.4 is 4.74 Å². The fraction of sp³-hybridized carbons (Fsp3) is 0.250. The molecule has 0 aromatic heterocycles. The molecule has 0 saturated carbocycles. The Morgan fingerprint density at radius 2 is 1.76 bits per heavy atom. The van der Waals surface area contributed by atoms with Crippen molar-refractivity contribution >= 4 is 11.6 Å². The highest BCUT2D eigenvalue weighted by Gasteiger charge is 2.30. The summed E-state index contributed by atoms with van der Waals surface area (Å²) >= 11 is 6.28. The van der Waals surface area contributed by atoms with Gasteiger partial charge in [-0.15, -0.1) is 11.6 Å². The van der Waals surface area contributed by atoms with Crippen LogP contribution in [0.1, 0.15) is 22.1 Å². The number of benzene rings is 2. The topological polar surface area (TPSA) is 9.23 Å². The molecule has 0 N–H and O–H groups in total. The van der Waals surface area contributed by atoms with Crippen molar-refractivity contribution < 1.29 is 17.9 Å². The third-order valence-electron chi connectivity index (χ3n) is 3.15. The van der Waals surface area contributed by atoms with Crippen molar-refractivity contribution in [3.8, 4) is 5.75 Å². The summed E-state index contributed by atoms with van der Waals surface area (Å²) in [5, 5.41) is -0.389. The SMILES string of the molecule is COc1cccc(CC(Cl)c2ccc(C(F)(F)F)cc2)c1. The van der Waals surface area contributed by atoms with Gasteiger partial charge in [0.2, 0.25) is 0 Å². The summed E-state index contributed by atoms with van der Waals surface area (Å²) in [4.78, 5) is 0. The molecule has 1 atom stereocenters. The minimum atomic E-state index is -4.33. The standard InChI is InChI=1S/C16H14ClF3O/c1-21-14-4-2-3-11(9-14)10-15(17)12-5-7-13(8-6-12)16(18,19)20/h2-9,15H,10H2,1H3. The van der Waals surface area contributed by atoms with Crippen molar-refractivity contribution in [1.29, 1.82) is 0 Å². The first kappa shape index (κ1) is 15.7. The van der Waals surface area contributed by atoms with Crippen LogP contribution in [0.25, 0.3) is 0 Å².